The third-order valence-corrected chi connectivity index (χ3v) is 5.27. The summed E-state index contributed by atoms with van der Waals surface area (Å²) in [5.74, 6) is 1.01. The quantitative estimate of drug-likeness (QED) is 0.436. The number of nitrogens with zero attached hydrogens (tertiary/aromatic N) is 4. The summed E-state index contributed by atoms with van der Waals surface area (Å²) in [7, 11) is 3.04. The van der Waals surface area contributed by atoms with Gasteiger partial charge in [-0.25, -0.2) is 9.78 Å². The number of nitro groups is 1. The molecule has 178 valence electrons. The molecule has 0 saturated carbocycles. The Hall–Kier alpha value is -4.41. The summed E-state index contributed by atoms with van der Waals surface area (Å²) in [4.78, 5) is 28.9. The average molecular weight is 467 g/mol. The second-order valence-corrected chi connectivity index (χ2v) is 7.51. The van der Waals surface area contributed by atoms with Crippen molar-refractivity contribution in [1.82, 2.24) is 15.0 Å². The molecule has 11 nitrogen and oxygen atoms in total. The molecule has 0 unspecified atom stereocenters. The second-order valence-electron chi connectivity index (χ2n) is 7.51. The van der Waals surface area contributed by atoms with E-state index in [1.54, 1.807) is 50.8 Å². The van der Waals surface area contributed by atoms with Gasteiger partial charge in [-0.15, -0.1) is 0 Å². The Balaban J connectivity index is 0.000000574. The Morgan fingerprint density at radius 1 is 1.24 bits per heavy atom. The van der Waals surface area contributed by atoms with Crippen LogP contribution >= 0.6 is 0 Å². The molecule has 1 aromatic heterocycles. The maximum Gasteiger partial charge on any atom is 0.428 e. The molecule has 3 aromatic rings. The number of hydrogen-bond donors (Lipinski definition) is 2. The molecule has 34 heavy (non-hydrogen) atoms. The first kappa shape index (κ1) is 24.2. The van der Waals surface area contributed by atoms with Gasteiger partial charge >= 0.3 is 6.09 Å². The first-order valence-electron chi connectivity index (χ1n) is 10.3. The van der Waals surface area contributed by atoms with Crippen LogP contribution in [0.2, 0.25) is 0 Å². The number of carboxylic acid groups (broad SMARTS) is 1. The molecule has 0 aliphatic carbocycles. The topological polar surface area (TPSA) is 143 Å². The monoisotopic (exact) mass is 467 g/mol. The van der Waals surface area contributed by atoms with E-state index >= 15 is 0 Å². The van der Waals surface area contributed by atoms with Crippen molar-refractivity contribution >= 4 is 17.5 Å². The minimum Gasteiger partial charge on any atom is -0.493 e. The van der Waals surface area contributed by atoms with Gasteiger partial charge in [0, 0.05) is 35.2 Å². The van der Waals surface area contributed by atoms with E-state index in [2.05, 4.69) is 15.1 Å². The van der Waals surface area contributed by atoms with Crippen LogP contribution in [0.4, 0.5) is 10.5 Å². The number of amides is 1. The lowest BCUT2D eigenvalue weighted by molar-refractivity contribution is -0.385. The average Bonchev–Trinajstić information content (AvgIpc) is 3.35. The zero-order valence-corrected chi connectivity index (χ0v) is 19.2. The lowest BCUT2D eigenvalue weighted by atomic mass is 9.93. The highest BCUT2D eigenvalue weighted by Crippen LogP contribution is 2.35. The normalized spacial score (nSPS) is 14.6. The predicted molar refractivity (Wildman–Crippen MR) is 125 cm³/mol. The Kier molecular flexibility index (Phi) is 7.46. The number of aromatic nitrogens is 2. The smallest absolute Gasteiger partial charge is 0.428 e. The lowest BCUT2D eigenvalue weighted by Crippen LogP contribution is -2.34. The summed E-state index contributed by atoms with van der Waals surface area (Å²) in [5.41, 5.74) is 2.93. The number of aromatic amines is 1. The summed E-state index contributed by atoms with van der Waals surface area (Å²) in [5, 5.41) is 26.2. The van der Waals surface area contributed by atoms with Gasteiger partial charge in [0.05, 0.1) is 37.2 Å². The van der Waals surface area contributed by atoms with Crippen LogP contribution in [0.1, 0.15) is 29.2 Å². The lowest BCUT2D eigenvalue weighted by Gasteiger charge is -2.19. The molecule has 0 spiro atoms. The van der Waals surface area contributed by atoms with Crippen LogP contribution in [-0.2, 0) is 6.42 Å². The Morgan fingerprint density at radius 3 is 2.44 bits per heavy atom. The van der Waals surface area contributed by atoms with Gasteiger partial charge in [0.15, 0.2) is 11.5 Å². The maximum atomic E-state index is 11.8. The molecular formula is C23H25N5O6. The van der Waals surface area contributed by atoms with E-state index in [1.165, 1.54) is 20.3 Å². The predicted octanol–water partition coefficient (Wildman–Crippen LogP) is 4.01. The van der Waals surface area contributed by atoms with E-state index in [-0.39, 0.29) is 5.69 Å². The fourth-order valence-electron chi connectivity index (χ4n) is 3.64. The number of hydrazone groups is 1. The van der Waals surface area contributed by atoms with Gasteiger partial charge in [-0.2, -0.15) is 10.1 Å². The number of rotatable bonds is 4. The number of nitro benzene ring substituents is 1. The zero-order valence-electron chi connectivity index (χ0n) is 19.2. The van der Waals surface area contributed by atoms with Crippen LogP contribution in [-0.4, -0.2) is 57.1 Å². The van der Waals surface area contributed by atoms with Crippen LogP contribution in [0.3, 0.4) is 0 Å². The van der Waals surface area contributed by atoms with E-state index in [4.69, 9.17) is 9.47 Å². The molecule has 0 radical (unpaired) electrons. The first-order valence-corrected chi connectivity index (χ1v) is 10.3. The van der Waals surface area contributed by atoms with Crippen molar-refractivity contribution < 1.29 is 24.3 Å². The molecule has 0 saturated heterocycles. The Labute approximate surface area is 195 Å². The molecule has 1 amide bonds. The summed E-state index contributed by atoms with van der Waals surface area (Å²) in [6.45, 7) is 3.40. The first-order chi connectivity index (χ1) is 16.3. The van der Waals surface area contributed by atoms with E-state index in [9.17, 15) is 20.0 Å². The zero-order chi connectivity index (χ0) is 24.8. The van der Waals surface area contributed by atoms with Crippen molar-refractivity contribution in [3.05, 3.63) is 81.4 Å². The minimum atomic E-state index is -1.18. The van der Waals surface area contributed by atoms with Gasteiger partial charge in [-0.05, 0) is 50.1 Å². The largest absolute Gasteiger partial charge is 0.493 e. The molecule has 0 fully saturated rings. The van der Waals surface area contributed by atoms with Crippen LogP contribution in [0, 0.1) is 17.0 Å². The van der Waals surface area contributed by atoms with Crippen LogP contribution in [0.5, 0.6) is 11.5 Å². The summed E-state index contributed by atoms with van der Waals surface area (Å²) < 4.78 is 10.8. The van der Waals surface area contributed by atoms with Gasteiger partial charge in [-0.3, -0.25) is 10.1 Å². The number of fused-ring (bicyclic) bond motifs is 1. The van der Waals surface area contributed by atoms with Gasteiger partial charge in [0.1, 0.15) is 0 Å². The highest BCUT2D eigenvalue weighted by molar-refractivity contribution is 6.14. The van der Waals surface area contributed by atoms with Crippen molar-refractivity contribution in [3.63, 3.8) is 0 Å². The number of benzene rings is 2. The standard InChI is InChI=1S/C20H21N3O6.C3H4N2/c1-11-7-13(5-6-16(11)23(26)27)19-15-10-18(29-4)17(28-3)9-14(15)8-12(2)22(21-19)20(24)25;1-2-5-3-4-1/h5-7,9-10,12H,8H2,1-4H3,(H,24,25);1-3H,(H,4,5)/t12-;/m1./s1. The van der Waals surface area contributed by atoms with Crippen molar-refractivity contribution in [1.29, 1.82) is 0 Å². The van der Waals surface area contributed by atoms with Crippen molar-refractivity contribution in [2.24, 2.45) is 5.10 Å². The number of carbonyl (C=O) groups is 1. The molecule has 4 rings (SSSR count). The fraction of sp³-hybridized carbons (Fsp3) is 0.261. The number of aryl methyl sites for hydroxylation is 1. The highest BCUT2D eigenvalue weighted by Gasteiger charge is 2.29. The molecular weight excluding hydrogens is 442 g/mol. The van der Waals surface area contributed by atoms with Gasteiger partial charge in [0.2, 0.25) is 0 Å². The third-order valence-electron chi connectivity index (χ3n) is 5.27. The molecule has 11 heteroatoms. The number of methoxy groups -OCH3 is 2. The van der Waals surface area contributed by atoms with Gasteiger partial charge in [-0.1, -0.05) is 0 Å². The van der Waals surface area contributed by atoms with E-state index in [1.807, 2.05) is 6.07 Å². The third kappa shape index (κ3) is 5.14. The molecule has 1 atom stereocenters. The summed E-state index contributed by atoms with van der Waals surface area (Å²) in [6.07, 6.45) is 4.32. The van der Waals surface area contributed by atoms with Crippen molar-refractivity contribution in [3.8, 4) is 11.5 Å². The highest BCUT2D eigenvalue weighted by atomic mass is 16.6. The van der Waals surface area contributed by atoms with Crippen LogP contribution < -0.4 is 9.47 Å². The maximum absolute atomic E-state index is 11.8. The van der Waals surface area contributed by atoms with E-state index in [0.29, 0.717) is 40.3 Å². The van der Waals surface area contributed by atoms with E-state index in [0.717, 1.165) is 10.6 Å². The molecule has 2 N–H and O–H groups in total. The van der Waals surface area contributed by atoms with Gasteiger partial charge in [0.25, 0.3) is 5.69 Å². The number of ether oxygens (including phenoxy) is 2. The van der Waals surface area contributed by atoms with E-state index < -0.39 is 17.1 Å². The number of H-pyrrole nitrogens is 1. The molecule has 2 heterocycles. The number of imidazole rings is 1. The Bertz CT molecular complexity index is 1190. The fourth-order valence-corrected chi connectivity index (χ4v) is 3.64. The molecule has 1 aliphatic rings. The summed E-state index contributed by atoms with van der Waals surface area (Å²) >= 11 is 0. The Morgan fingerprint density at radius 2 is 1.94 bits per heavy atom. The minimum absolute atomic E-state index is 0.0148. The van der Waals surface area contributed by atoms with Crippen LogP contribution in [0.25, 0.3) is 0 Å². The summed E-state index contributed by atoms with van der Waals surface area (Å²) in [6, 6.07) is 7.74. The molecule has 1 aliphatic heterocycles. The van der Waals surface area contributed by atoms with Gasteiger partial charge < -0.3 is 19.6 Å². The number of hydrogen-bond acceptors (Lipinski definition) is 7. The second kappa shape index (κ2) is 10.5. The SMILES string of the molecule is COc1cc2c(cc1OC)C(c1ccc([N+](=O)[O-])c(C)c1)=NN(C(=O)O)[C@H](C)C2.c1c[nH]cn1. The molecule has 0 bridgehead atoms. The van der Waals surface area contributed by atoms with Crippen molar-refractivity contribution in [2.45, 2.75) is 26.3 Å². The van der Waals surface area contributed by atoms with Crippen LogP contribution in [0.15, 0.2) is 54.2 Å². The number of nitrogens with one attached hydrogen (secondary N) is 1. The molecule has 2 aromatic carbocycles. The van der Waals surface area contributed by atoms with Crippen molar-refractivity contribution in [2.75, 3.05) is 14.2 Å².